The predicted molar refractivity (Wildman–Crippen MR) is 69.5 cm³/mol. The van der Waals surface area contributed by atoms with Crippen molar-refractivity contribution in [1.82, 2.24) is 14.8 Å². The molecule has 0 aromatic carbocycles. The standard InChI is InChI=1S/C13H12ClN3O2/c1-8-4-11(14)15-6-10(8)13(2-3-13)17-7-9(5-16-17)12(18)19/h4-7H,2-3H2,1H3,(H,18,19). The summed E-state index contributed by atoms with van der Waals surface area (Å²) in [4.78, 5) is 15.0. The zero-order chi connectivity index (χ0) is 13.6. The van der Waals surface area contributed by atoms with E-state index in [9.17, 15) is 4.79 Å². The minimum absolute atomic E-state index is 0.200. The van der Waals surface area contributed by atoms with Crippen molar-refractivity contribution in [3.8, 4) is 0 Å². The van der Waals surface area contributed by atoms with Crippen molar-refractivity contribution in [3.63, 3.8) is 0 Å². The van der Waals surface area contributed by atoms with Crippen LogP contribution in [0.1, 0.15) is 34.3 Å². The van der Waals surface area contributed by atoms with Crippen molar-refractivity contribution in [3.05, 3.63) is 46.5 Å². The van der Waals surface area contributed by atoms with Crippen molar-refractivity contribution in [2.45, 2.75) is 25.3 Å². The Hall–Kier alpha value is -1.88. The summed E-state index contributed by atoms with van der Waals surface area (Å²) < 4.78 is 1.73. The molecule has 1 N–H and O–H groups in total. The lowest BCUT2D eigenvalue weighted by molar-refractivity contribution is 0.0696. The van der Waals surface area contributed by atoms with Crippen LogP contribution in [0.5, 0.6) is 0 Å². The highest BCUT2D eigenvalue weighted by molar-refractivity contribution is 6.29. The number of pyridine rings is 1. The van der Waals surface area contributed by atoms with Crippen molar-refractivity contribution >= 4 is 17.6 Å². The maximum atomic E-state index is 10.9. The van der Waals surface area contributed by atoms with Gasteiger partial charge in [0.2, 0.25) is 0 Å². The van der Waals surface area contributed by atoms with Crippen molar-refractivity contribution in [1.29, 1.82) is 0 Å². The summed E-state index contributed by atoms with van der Waals surface area (Å²) >= 11 is 5.87. The van der Waals surface area contributed by atoms with Gasteiger partial charge in [-0.3, -0.25) is 4.68 Å². The van der Waals surface area contributed by atoms with Gasteiger partial charge in [-0.25, -0.2) is 9.78 Å². The molecule has 2 heterocycles. The molecule has 6 heteroatoms. The van der Waals surface area contributed by atoms with Gasteiger partial charge in [-0.2, -0.15) is 5.10 Å². The van der Waals surface area contributed by atoms with Crippen LogP contribution in [0.4, 0.5) is 0 Å². The number of aromatic nitrogens is 3. The largest absolute Gasteiger partial charge is 0.478 e. The highest BCUT2D eigenvalue weighted by Crippen LogP contribution is 2.50. The zero-order valence-corrected chi connectivity index (χ0v) is 11.1. The Morgan fingerprint density at radius 1 is 1.47 bits per heavy atom. The summed E-state index contributed by atoms with van der Waals surface area (Å²) in [7, 11) is 0. The maximum Gasteiger partial charge on any atom is 0.338 e. The summed E-state index contributed by atoms with van der Waals surface area (Å²) in [5.41, 5.74) is 2.04. The van der Waals surface area contributed by atoms with Crippen molar-refractivity contribution in [2.24, 2.45) is 0 Å². The number of hydrogen-bond acceptors (Lipinski definition) is 3. The summed E-state index contributed by atoms with van der Waals surface area (Å²) in [6, 6.07) is 1.82. The first-order valence-electron chi connectivity index (χ1n) is 5.94. The lowest BCUT2D eigenvalue weighted by Crippen LogP contribution is -2.20. The van der Waals surface area contributed by atoms with Crippen LogP contribution in [0.3, 0.4) is 0 Å². The van der Waals surface area contributed by atoms with Crippen molar-refractivity contribution < 1.29 is 9.90 Å². The molecule has 1 saturated carbocycles. The SMILES string of the molecule is Cc1cc(Cl)ncc1C1(n2cc(C(=O)O)cn2)CC1. The predicted octanol–water partition coefficient (Wildman–Crippen LogP) is 2.48. The molecule has 19 heavy (non-hydrogen) atoms. The van der Waals surface area contributed by atoms with Gasteiger partial charge in [0.05, 0.1) is 17.3 Å². The number of carboxylic acids is 1. The third-order valence-electron chi connectivity index (χ3n) is 3.57. The molecule has 0 unspecified atom stereocenters. The summed E-state index contributed by atoms with van der Waals surface area (Å²) in [5, 5.41) is 13.6. The third-order valence-corrected chi connectivity index (χ3v) is 3.78. The zero-order valence-electron chi connectivity index (χ0n) is 10.3. The smallest absolute Gasteiger partial charge is 0.338 e. The number of carbonyl (C=O) groups is 1. The lowest BCUT2D eigenvalue weighted by Gasteiger charge is -2.18. The number of halogens is 1. The normalized spacial score (nSPS) is 16.3. The van der Waals surface area contributed by atoms with E-state index in [0.717, 1.165) is 24.0 Å². The second kappa shape index (κ2) is 4.06. The van der Waals surface area contributed by atoms with Crippen LogP contribution in [0.15, 0.2) is 24.7 Å². The molecule has 0 amide bonds. The molecule has 0 radical (unpaired) electrons. The van der Waals surface area contributed by atoms with Crippen LogP contribution in [0, 0.1) is 6.92 Å². The highest BCUT2D eigenvalue weighted by atomic mass is 35.5. The van der Waals surface area contributed by atoms with E-state index < -0.39 is 5.97 Å². The molecule has 0 spiro atoms. The van der Waals surface area contributed by atoms with Crippen LogP contribution in [0.2, 0.25) is 5.15 Å². The van der Waals surface area contributed by atoms with E-state index in [2.05, 4.69) is 10.1 Å². The molecular weight excluding hydrogens is 266 g/mol. The van der Waals surface area contributed by atoms with Crippen LogP contribution in [-0.4, -0.2) is 25.8 Å². The molecule has 2 aromatic rings. The molecule has 0 bridgehead atoms. The first-order valence-corrected chi connectivity index (χ1v) is 6.32. The topological polar surface area (TPSA) is 68.0 Å². The molecule has 0 aliphatic heterocycles. The molecule has 0 atom stereocenters. The monoisotopic (exact) mass is 277 g/mol. The molecule has 1 fully saturated rings. The van der Waals surface area contributed by atoms with Gasteiger partial charge >= 0.3 is 5.97 Å². The van der Waals surface area contributed by atoms with Crippen LogP contribution in [0.25, 0.3) is 0 Å². The fourth-order valence-electron chi connectivity index (χ4n) is 2.42. The first-order chi connectivity index (χ1) is 9.03. The van der Waals surface area contributed by atoms with E-state index in [1.807, 2.05) is 13.0 Å². The number of aryl methyl sites for hydroxylation is 1. The van der Waals surface area contributed by atoms with Crippen LogP contribution >= 0.6 is 11.6 Å². The van der Waals surface area contributed by atoms with E-state index in [-0.39, 0.29) is 11.1 Å². The van der Waals surface area contributed by atoms with Gasteiger partial charge in [-0.15, -0.1) is 0 Å². The van der Waals surface area contributed by atoms with E-state index in [1.54, 1.807) is 17.1 Å². The fourth-order valence-corrected chi connectivity index (χ4v) is 2.63. The van der Waals surface area contributed by atoms with E-state index in [1.165, 1.54) is 6.20 Å². The van der Waals surface area contributed by atoms with Gasteiger partial charge in [0, 0.05) is 18.0 Å². The minimum atomic E-state index is -0.965. The van der Waals surface area contributed by atoms with Gasteiger partial charge in [-0.05, 0) is 31.4 Å². The second-order valence-electron chi connectivity index (χ2n) is 4.83. The molecule has 5 nitrogen and oxygen atoms in total. The van der Waals surface area contributed by atoms with Crippen LogP contribution in [-0.2, 0) is 5.54 Å². The summed E-state index contributed by atoms with van der Waals surface area (Å²) in [6.07, 6.45) is 6.56. The van der Waals surface area contributed by atoms with Gasteiger partial charge in [0.25, 0.3) is 0 Å². The molecule has 0 saturated heterocycles. The Morgan fingerprint density at radius 2 is 2.21 bits per heavy atom. The highest BCUT2D eigenvalue weighted by Gasteiger charge is 2.48. The van der Waals surface area contributed by atoms with Gasteiger partial charge < -0.3 is 5.11 Å². The van der Waals surface area contributed by atoms with E-state index >= 15 is 0 Å². The number of rotatable bonds is 3. The second-order valence-corrected chi connectivity index (χ2v) is 5.22. The van der Waals surface area contributed by atoms with E-state index in [0.29, 0.717) is 5.15 Å². The quantitative estimate of drug-likeness (QED) is 0.875. The number of aromatic carboxylic acids is 1. The lowest BCUT2D eigenvalue weighted by atomic mass is 10.0. The molecule has 1 aliphatic rings. The fraction of sp³-hybridized carbons (Fsp3) is 0.308. The molecular formula is C13H12ClN3O2. The van der Waals surface area contributed by atoms with Crippen LogP contribution < -0.4 is 0 Å². The summed E-state index contributed by atoms with van der Waals surface area (Å²) in [5.74, 6) is -0.965. The Balaban J connectivity index is 2.05. The number of nitrogens with zero attached hydrogens (tertiary/aromatic N) is 3. The Morgan fingerprint density at radius 3 is 2.74 bits per heavy atom. The van der Waals surface area contributed by atoms with Gasteiger partial charge in [-0.1, -0.05) is 11.6 Å². The average molecular weight is 278 g/mol. The number of carboxylic acid groups (broad SMARTS) is 1. The molecule has 3 rings (SSSR count). The molecule has 98 valence electrons. The first kappa shape index (κ1) is 12.2. The molecule has 1 aliphatic carbocycles. The Kier molecular flexibility index (Phi) is 2.60. The third kappa shape index (κ3) is 1.90. The van der Waals surface area contributed by atoms with E-state index in [4.69, 9.17) is 16.7 Å². The minimum Gasteiger partial charge on any atom is -0.478 e. The molecule has 2 aromatic heterocycles. The van der Waals surface area contributed by atoms with Crippen molar-refractivity contribution in [2.75, 3.05) is 0 Å². The Labute approximate surface area is 114 Å². The number of hydrogen-bond donors (Lipinski definition) is 1. The van der Waals surface area contributed by atoms with Gasteiger partial charge in [0.1, 0.15) is 5.15 Å². The summed E-state index contributed by atoms with van der Waals surface area (Å²) in [6.45, 7) is 1.98. The average Bonchev–Trinajstić information content (AvgIpc) is 2.99. The maximum absolute atomic E-state index is 10.9. The van der Waals surface area contributed by atoms with Gasteiger partial charge in [0.15, 0.2) is 0 Å². The Bertz CT molecular complexity index is 662.